The van der Waals surface area contributed by atoms with E-state index in [1.807, 2.05) is 0 Å². The fraction of sp³-hybridized carbons (Fsp3) is 0.400. The minimum absolute atomic E-state index is 0.663. The van der Waals surface area contributed by atoms with Crippen LogP contribution in [0, 0.1) is 0 Å². The van der Waals surface area contributed by atoms with Crippen LogP contribution < -0.4 is 9.47 Å². The van der Waals surface area contributed by atoms with Crippen LogP contribution in [0.1, 0.15) is 46.9 Å². The van der Waals surface area contributed by atoms with Crippen LogP contribution in [0.15, 0.2) is 36.4 Å². The van der Waals surface area contributed by atoms with Crippen LogP contribution in [-0.2, 0) is 12.8 Å². The number of fused-ring (bicyclic) bond motifs is 5. The van der Waals surface area contributed by atoms with Crippen LogP contribution in [0.2, 0.25) is 0 Å². The summed E-state index contributed by atoms with van der Waals surface area (Å²) in [4.78, 5) is 0. The summed E-state index contributed by atoms with van der Waals surface area (Å²) >= 11 is 0. The monoisotopic (exact) mass is 294 g/mol. The second-order valence-corrected chi connectivity index (χ2v) is 6.42. The van der Waals surface area contributed by atoms with E-state index >= 15 is 0 Å². The fourth-order valence-electron chi connectivity index (χ4n) is 4.34. The van der Waals surface area contributed by atoms with E-state index in [0.717, 1.165) is 24.3 Å². The van der Waals surface area contributed by atoms with E-state index in [0.29, 0.717) is 11.8 Å². The Morgan fingerprint density at radius 3 is 1.59 bits per heavy atom. The Balaban J connectivity index is 1.73. The molecule has 2 heteroatoms. The summed E-state index contributed by atoms with van der Waals surface area (Å²) in [5.74, 6) is 3.29. The molecule has 114 valence electrons. The predicted octanol–water partition coefficient (Wildman–Crippen LogP) is 4.46. The maximum Gasteiger partial charge on any atom is 0.119 e. The largest absolute Gasteiger partial charge is 0.497 e. The van der Waals surface area contributed by atoms with Gasteiger partial charge in [0.1, 0.15) is 11.5 Å². The molecule has 0 saturated carbocycles. The van der Waals surface area contributed by atoms with Crippen LogP contribution >= 0.6 is 0 Å². The molecule has 0 aliphatic heterocycles. The number of hydrogen-bond donors (Lipinski definition) is 0. The van der Waals surface area contributed by atoms with E-state index < -0.39 is 0 Å². The molecule has 2 atom stereocenters. The lowest BCUT2D eigenvalue weighted by Gasteiger charge is -2.39. The summed E-state index contributed by atoms with van der Waals surface area (Å²) in [5, 5.41) is 0. The Hall–Kier alpha value is -1.96. The molecule has 2 aromatic rings. The molecule has 0 unspecified atom stereocenters. The van der Waals surface area contributed by atoms with Crippen LogP contribution in [-0.4, -0.2) is 14.2 Å². The smallest absolute Gasteiger partial charge is 0.119 e. The average molecular weight is 294 g/mol. The molecule has 2 nitrogen and oxygen atoms in total. The predicted molar refractivity (Wildman–Crippen MR) is 88.1 cm³/mol. The molecule has 0 saturated heterocycles. The first-order valence-electron chi connectivity index (χ1n) is 8.14. The Kier molecular flexibility index (Phi) is 3.33. The van der Waals surface area contributed by atoms with E-state index in [1.165, 1.54) is 24.0 Å². The third kappa shape index (κ3) is 2.09. The zero-order chi connectivity index (χ0) is 15.1. The van der Waals surface area contributed by atoms with Gasteiger partial charge in [-0.25, -0.2) is 0 Å². The van der Waals surface area contributed by atoms with Crippen molar-refractivity contribution in [1.29, 1.82) is 0 Å². The van der Waals surface area contributed by atoms with Gasteiger partial charge in [-0.2, -0.15) is 0 Å². The molecule has 0 spiro atoms. The minimum atomic E-state index is 0.663. The minimum Gasteiger partial charge on any atom is -0.497 e. The third-order valence-corrected chi connectivity index (χ3v) is 5.43. The summed E-state index contributed by atoms with van der Waals surface area (Å²) in [6.45, 7) is 0. The summed E-state index contributed by atoms with van der Waals surface area (Å²) in [5.41, 5.74) is 6.05. The lowest BCUT2D eigenvalue weighted by Crippen LogP contribution is -2.24. The topological polar surface area (TPSA) is 18.5 Å². The van der Waals surface area contributed by atoms with Gasteiger partial charge in [0.15, 0.2) is 0 Å². The number of benzene rings is 2. The number of rotatable bonds is 2. The second-order valence-electron chi connectivity index (χ2n) is 6.42. The first-order chi connectivity index (χ1) is 10.8. The van der Waals surface area contributed by atoms with Gasteiger partial charge in [-0.1, -0.05) is 12.1 Å². The van der Waals surface area contributed by atoms with E-state index in [9.17, 15) is 0 Å². The molecule has 2 aliphatic carbocycles. The highest BCUT2D eigenvalue weighted by Crippen LogP contribution is 2.49. The Bertz CT molecular complexity index is 643. The molecule has 2 aromatic carbocycles. The van der Waals surface area contributed by atoms with Crippen molar-refractivity contribution < 1.29 is 9.47 Å². The van der Waals surface area contributed by atoms with Crippen molar-refractivity contribution in [3.05, 3.63) is 58.7 Å². The molecule has 0 bridgehead atoms. The van der Waals surface area contributed by atoms with Crippen molar-refractivity contribution in [2.75, 3.05) is 14.2 Å². The number of aryl methyl sites for hydroxylation is 2. The van der Waals surface area contributed by atoms with Gasteiger partial charge in [0.05, 0.1) is 14.2 Å². The van der Waals surface area contributed by atoms with Gasteiger partial charge in [0.2, 0.25) is 0 Å². The van der Waals surface area contributed by atoms with Crippen molar-refractivity contribution in [1.82, 2.24) is 0 Å². The molecule has 2 aliphatic rings. The quantitative estimate of drug-likeness (QED) is 0.814. The molecule has 0 fully saturated rings. The standard InChI is InChI=1S/C20H22O2/c1-21-15-5-9-17-13(11-15)3-7-20-18-10-6-16(22-2)12-14(18)4-8-19(17)20/h5-6,9-12,19-20H,3-4,7-8H2,1-2H3/t19-,20-/m0/s1. The van der Waals surface area contributed by atoms with E-state index in [-0.39, 0.29) is 0 Å². The van der Waals surface area contributed by atoms with E-state index in [4.69, 9.17) is 9.47 Å². The summed E-state index contributed by atoms with van der Waals surface area (Å²) in [7, 11) is 3.50. The van der Waals surface area contributed by atoms with Gasteiger partial charge >= 0.3 is 0 Å². The summed E-state index contributed by atoms with van der Waals surface area (Å²) in [6, 6.07) is 13.3. The third-order valence-electron chi connectivity index (χ3n) is 5.43. The van der Waals surface area contributed by atoms with E-state index in [1.54, 1.807) is 25.3 Å². The Labute approximate surface area is 132 Å². The lowest BCUT2D eigenvalue weighted by atomic mass is 9.66. The highest BCUT2D eigenvalue weighted by molar-refractivity contribution is 5.47. The lowest BCUT2D eigenvalue weighted by molar-refractivity contribution is 0.400. The highest BCUT2D eigenvalue weighted by atomic mass is 16.5. The zero-order valence-electron chi connectivity index (χ0n) is 13.3. The number of methoxy groups -OCH3 is 2. The molecule has 0 heterocycles. The van der Waals surface area contributed by atoms with Gasteiger partial charge in [0.25, 0.3) is 0 Å². The maximum absolute atomic E-state index is 5.38. The second kappa shape index (κ2) is 5.35. The fourth-order valence-corrected chi connectivity index (χ4v) is 4.34. The summed E-state index contributed by atoms with van der Waals surface area (Å²) < 4.78 is 10.8. The van der Waals surface area contributed by atoms with Crippen molar-refractivity contribution in [2.45, 2.75) is 37.5 Å². The van der Waals surface area contributed by atoms with Crippen molar-refractivity contribution in [3.63, 3.8) is 0 Å². The maximum atomic E-state index is 5.38. The van der Waals surface area contributed by atoms with Crippen LogP contribution in [0.25, 0.3) is 0 Å². The van der Waals surface area contributed by atoms with Crippen molar-refractivity contribution in [2.24, 2.45) is 0 Å². The Morgan fingerprint density at radius 2 is 1.18 bits per heavy atom. The van der Waals surface area contributed by atoms with Gasteiger partial charge in [-0.3, -0.25) is 0 Å². The SMILES string of the molecule is COc1ccc2c(c1)CC[C@H]1c3ccc(OC)cc3CC[C@@H]21. The van der Waals surface area contributed by atoms with Gasteiger partial charge in [-0.15, -0.1) is 0 Å². The van der Waals surface area contributed by atoms with Crippen molar-refractivity contribution in [3.8, 4) is 11.5 Å². The molecular formula is C20H22O2. The first-order valence-corrected chi connectivity index (χ1v) is 8.14. The normalized spacial score (nSPS) is 22.3. The average Bonchev–Trinajstić information content (AvgIpc) is 2.59. The van der Waals surface area contributed by atoms with Crippen LogP contribution in [0.4, 0.5) is 0 Å². The van der Waals surface area contributed by atoms with Crippen molar-refractivity contribution >= 4 is 0 Å². The van der Waals surface area contributed by atoms with Gasteiger partial charge < -0.3 is 9.47 Å². The molecule has 0 N–H and O–H groups in total. The molecule has 0 amide bonds. The molecule has 0 aromatic heterocycles. The van der Waals surface area contributed by atoms with Crippen LogP contribution in [0.5, 0.6) is 11.5 Å². The number of hydrogen-bond acceptors (Lipinski definition) is 2. The molecule has 4 rings (SSSR count). The van der Waals surface area contributed by atoms with E-state index in [2.05, 4.69) is 36.4 Å². The first kappa shape index (κ1) is 13.7. The molecular weight excluding hydrogens is 272 g/mol. The molecule has 0 radical (unpaired) electrons. The summed E-state index contributed by atoms with van der Waals surface area (Å²) in [6.07, 6.45) is 4.78. The number of ether oxygens (including phenoxy) is 2. The highest BCUT2D eigenvalue weighted by Gasteiger charge is 2.34. The van der Waals surface area contributed by atoms with Gasteiger partial charge in [-0.05, 0) is 84.0 Å². The Morgan fingerprint density at radius 1 is 0.727 bits per heavy atom. The van der Waals surface area contributed by atoms with Crippen LogP contribution in [0.3, 0.4) is 0 Å². The zero-order valence-corrected chi connectivity index (χ0v) is 13.3. The molecule has 22 heavy (non-hydrogen) atoms. The van der Waals surface area contributed by atoms with Gasteiger partial charge in [0, 0.05) is 0 Å².